The van der Waals surface area contributed by atoms with Gasteiger partial charge in [-0.15, -0.1) is 0 Å². The van der Waals surface area contributed by atoms with Crippen LogP contribution in [0.25, 0.3) is 0 Å². The highest BCUT2D eigenvalue weighted by molar-refractivity contribution is 5.85. The third-order valence-corrected chi connectivity index (χ3v) is 4.06. The van der Waals surface area contributed by atoms with E-state index in [1.165, 1.54) is 0 Å². The molecule has 2 heterocycles. The van der Waals surface area contributed by atoms with Gasteiger partial charge in [-0.25, -0.2) is 0 Å². The monoisotopic (exact) mass is 192 g/mol. The molecule has 0 radical (unpaired) electrons. The number of hydrogen-bond acceptors (Lipinski definition) is 2. The minimum Gasteiger partial charge on any atom is -0.363 e. The molecular formula is C12H16O2. The molecule has 3 aliphatic rings. The number of rotatable bonds is 0. The summed E-state index contributed by atoms with van der Waals surface area (Å²) in [4.78, 5) is 12.0. The van der Waals surface area contributed by atoms with Gasteiger partial charge in [0.05, 0.1) is 17.6 Å². The van der Waals surface area contributed by atoms with E-state index in [0.717, 1.165) is 12.8 Å². The van der Waals surface area contributed by atoms with Crippen LogP contribution in [-0.4, -0.2) is 17.5 Å². The topological polar surface area (TPSA) is 26.3 Å². The van der Waals surface area contributed by atoms with Crippen molar-refractivity contribution in [2.75, 3.05) is 0 Å². The van der Waals surface area contributed by atoms with E-state index in [0.29, 0.717) is 17.6 Å². The van der Waals surface area contributed by atoms with Gasteiger partial charge < -0.3 is 4.74 Å². The molecule has 1 saturated carbocycles. The largest absolute Gasteiger partial charge is 0.363 e. The van der Waals surface area contributed by atoms with Crippen molar-refractivity contribution in [1.29, 1.82) is 0 Å². The van der Waals surface area contributed by atoms with Crippen LogP contribution in [0.2, 0.25) is 0 Å². The molecule has 0 aromatic heterocycles. The van der Waals surface area contributed by atoms with Crippen LogP contribution in [0.1, 0.15) is 26.7 Å². The van der Waals surface area contributed by atoms with Crippen LogP contribution in [0.4, 0.5) is 0 Å². The molecule has 1 spiro atoms. The molecule has 0 N–H and O–H groups in total. The summed E-state index contributed by atoms with van der Waals surface area (Å²) in [6, 6.07) is 0. The van der Waals surface area contributed by atoms with Crippen LogP contribution in [-0.2, 0) is 9.53 Å². The van der Waals surface area contributed by atoms with Crippen LogP contribution in [0.5, 0.6) is 0 Å². The zero-order valence-electron chi connectivity index (χ0n) is 8.69. The number of ether oxygens (including phenoxy) is 1. The van der Waals surface area contributed by atoms with Crippen LogP contribution >= 0.6 is 0 Å². The Balaban J connectivity index is 2.03. The Morgan fingerprint density at radius 1 is 1.50 bits per heavy atom. The van der Waals surface area contributed by atoms with Crippen molar-refractivity contribution < 1.29 is 9.53 Å². The Labute approximate surface area is 84.3 Å². The predicted molar refractivity (Wildman–Crippen MR) is 52.8 cm³/mol. The molecule has 3 rings (SSSR count). The Hall–Kier alpha value is -0.630. The first-order valence-electron chi connectivity index (χ1n) is 5.52. The molecule has 0 amide bonds. The van der Waals surface area contributed by atoms with Crippen LogP contribution in [0.15, 0.2) is 12.2 Å². The van der Waals surface area contributed by atoms with Crippen LogP contribution < -0.4 is 0 Å². The van der Waals surface area contributed by atoms with E-state index in [9.17, 15) is 4.79 Å². The van der Waals surface area contributed by atoms with E-state index >= 15 is 0 Å². The zero-order valence-corrected chi connectivity index (χ0v) is 8.69. The molecule has 0 unspecified atom stereocenters. The lowest BCUT2D eigenvalue weighted by Gasteiger charge is -2.38. The lowest BCUT2D eigenvalue weighted by atomic mass is 9.65. The number of Topliss-reactive ketones (excluding diaryl/α,β-unsaturated/α-hetero) is 1. The molecule has 76 valence electrons. The smallest absolute Gasteiger partial charge is 0.139 e. The minimum atomic E-state index is -0.209. The summed E-state index contributed by atoms with van der Waals surface area (Å²) in [5.74, 6) is 1.43. The summed E-state index contributed by atoms with van der Waals surface area (Å²) in [5.41, 5.74) is -0.209. The molecule has 1 saturated heterocycles. The van der Waals surface area contributed by atoms with E-state index in [-0.39, 0.29) is 17.6 Å². The maximum atomic E-state index is 12.0. The Morgan fingerprint density at radius 3 is 3.07 bits per heavy atom. The van der Waals surface area contributed by atoms with Gasteiger partial charge in [-0.05, 0) is 18.3 Å². The minimum absolute atomic E-state index is 0.147. The maximum absolute atomic E-state index is 12.0. The van der Waals surface area contributed by atoms with Gasteiger partial charge in [-0.1, -0.05) is 26.0 Å². The fourth-order valence-electron chi connectivity index (χ4n) is 3.58. The summed E-state index contributed by atoms with van der Waals surface area (Å²) in [6.45, 7) is 4.30. The molecule has 2 bridgehead atoms. The SMILES string of the molecule is C[C@@H]1CC(=O)[C@H]2[C@H](C)[C@@H]3C=C[C@@]2(C1)O3. The molecule has 2 fully saturated rings. The van der Waals surface area contributed by atoms with Gasteiger partial charge in [0.15, 0.2) is 0 Å². The molecule has 0 aromatic carbocycles. The molecular weight excluding hydrogens is 176 g/mol. The highest BCUT2D eigenvalue weighted by Gasteiger charge is 2.59. The van der Waals surface area contributed by atoms with Gasteiger partial charge in [0.25, 0.3) is 0 Å². The van der Waals surface area contributed by atoms with Gasteiger partial charge in [0.1, 0.15) is 5.78 Å². The first-order valence-corrected chi connectivity index (χ1v) is 5.52. The molecule has 2 heteroatoms. The summed E-state index contributed by atoms with van der Waals surface area (Å²) in [5, 5.41) is 0. The first kappa shape index (κ1) is 8.66. The number of carbonyl (C=O) groups is 1. The summed E-state index contributed by atoms with van der Waals surface area (Å²) in [7, 11) is 0. The van der Waals surface area contributed by atoms with E-state index in [4.69, 9.17) is 4.74 Å². The van der Waals surface area contributed by atoms with Crippen LogP contribution in [0.3, 0.4) is 0 Å². The number of fused-ring (bicyclic) bond motifs is 1. The average Bonchev–Trinajstić information content (AvgIpc) is 2.57. The summed E-state index contributed by atoms with van der Waals surface area (Å²) in [6.07, 6.45) is 6.28. The lowest BCUT2D eigenvalue weighted by Crippen LogP contribution is -2.45. The van der Waals surface area contributed by atoms with Crippen LogP contribution in [0, 0.1) is 17.8 Å². The molecule has 1 aliphatic carbocycles. The van der Waals surface area contributed by atoms with E-state index in [2.05, 4.69) is 26.0 Å². The third-order valence-electron chi connectivity index (χ3n) is 4.06. The van der Waals surface area contributed by atoms with Gasteiger partial charge in [-0.3, -0.25) is 4.79 Å². The van der Waals surface area contributed by atoms with E-state index in [1.807, 2.05) is 0 Å². The second-order valence-corrected chi connectivity index (χ2v) is 5.21. The molecule has 2 aliphatic heterocycles. The second-order valence-electron chi connectivity index (χ2n) is 5.21. The van der Waals surface area contributed by atoms with Crippen molar-refractivity contribution in [2.45, 2.75) is 38.4 Å². The van der Waals surface area contributed by atoms with Crippen molar-refractivity contribution in [3.63, 3.8) is 0 Å². The van der Waals surface area contributed by atoms with Crippen molar-refractivity contribution >= 4 is 5.78 Å². The highest BCUT2D eigenvalue weighted by atomic mass is 16.5. The normalized spacial score (nSPS) is 55.1. The zero-order chi connectivity index (χ0) is 9.92. The Bertz CT molecular complexity index is 320. The van der Waals surface area contributed by atoms with Crippen molar-refractivity contribution in [1.82, 2.24) is 0 Å². The molecule has 14 heavy (non-hydrogen) atoms. The number of ketones is 1. The fourth-order valence-corrected chi connectivity index (χ4v) is 3.58. The molecule has 5 atom stereocenters. The van der Waals surface area contributed by atoms with Gasteiger partial charge in [-0.2, -0.15) is 0 Å². The van der Waals surface area contributed by atoms with E-state index in [1.54, 1.807) is 0 Å². The third kappa shape index (κ3) is 0.876. The summed E-state index contributed by atoms with van der Waals surface area (Å²) >= 11 is 0. The van der Waals surface area contributed by atoms with Gasteiger partial charge in [0, 0.05) is 6.42 Å². The standard InChI is InChI=1S/C12H16O2/c1-7-5-9(13)11-8(2)10-3-4-12(11,6-7)14-10/h3-4,7-8,10-11H,5-6H2,1-2H3/t7-,8-,10+,11-,12+/m1/s1. The van der Waals surface area contributed by atoms with Crippen molar-refractivity contribution in [3.05, 3.63) is 12.2 Å². The van der Waals surface area contributed by atoms with E-state index < -0.39 is 0 Å². The van der Waals surface area contributed by atoms with Crippen molar-refractivity contribution in [3.8, 4) is 0 Å². The number of carbonyl (C=O) groups excluding carboxylic acids is 1. The fraction of sp³-hybridized carbons (Fsp3) is 0.750. The average molecular weight is 192 g/mol. The maximum Gasteiger partial charge on any atom is 0.139 e. The lowest BCUT2D eigenvalue weighted by molar-refractivity contribution is -0.133. The highest BCUT2D eigenvalue weighted by Crippen LogP contribution is 2.53. The second kappa shape index (κ2) is 2.48. The molecule has 2 nitrogen and oxygen atoms in total. The van der Waals surface area contributed by atoms with Gasteiger partial charge in [0.2, 0.25) is 0 Å². The Kier molecular flexibility index (Phi) is 1.54. The summed E-state index contributed by atoms with van der Waals surface area (Å²) < 4.78 is 5.98. The predicted octanol–water partition coefficient (Wildman–Crippen LogP) is 1.95. The Morgan fingerprint density at radius 2 is 2.29 bits per heavy atom. The molecule has 0 aromatic rings. The van der Waals surface area contributed by atoms with Gasteiger partial charge >= 0.3 is 0 Å². The van der Waals surface area contributed by atoms with Crippen molar-refractivity contribution in [2.24, 2.45) is 17.8 Å². The number of hydrogen-bond donors (Lipinski definition) is 0. The quantitative estimate of drug-likeness (QED) is 0.548. The first-order chi connectivity index (χ1) is 6.62.